The van der Waals surface area contributed by atoms with Crippen molar-refractivity contribution in [1.29, 1.82) is 0 Å². The monoisotopic (exact) mass is 382 g/mol. The number of hydrogen-bond acceptors (Lipinski definition) is 6. The number of aromatic nitrogens is 4. The highest BCUT2D eigenvalue weighted by atomic mass is 32.1. The van der Waals surface area contributed by atoms with Gasteiger partial charge in [0.1, 0.15) is 0 Å². The zero-order valence-corrected chi connectivity index (χ0v) is 15.8. The first-order valence-electron chi connectivity index (χ1n) is 9.13. The van der Waals surface area contributed by atoms with E-state index in [1.165, 1.54) is 4.88 Å². The van der Waals surface area contributed by atoms with Crippen LogP contribution in [0.1, 0.15) is 33.9 Å². The van der Waals surface area contributed by atoms with E-state index in [-0.39, 0.29) is 11.9 Å². The van der Waals surface area contributed by atoms with Crippen LogP contribution in [0.3, 0.4) is 0 Å². The van der Waals surface area contributed by atoms with Crippen molar-refractivity contribution in [3.05, 3.63) is 64.1 Å². The van der Waals surface area contributed by atoms with Crippen LogP contribution in [-0.2, 0) is 13.1 Å². The smallest absolute Gasteiger partial charge is 0.251 e. The summed E-state index contributed by atoms with van der Waals surface area (Å²) in [7, 11) is 0. The number of thiophene rings is 1. The van der Waals surface area contributed by atoms with Crippen molar-refractivity contribution in [3.63, 3.8) is 0 Å². The molecule has 1 aromatic carbocycles. The Morgan fingerprint density at radius 3 is 2.67 bits per heavy atom. The topological polar surface area (TPSA) is 75.9 Å². The summed E-state index contributed by atoms with van der Waals surface area (Å²) < 4.78 is 1.87. The van der Waals surface area contributed by atoms with E-state index in [1.807, 2.05) is 41.1 Å². The number of hydrogen-bond donors (Lipinski definition) is 1. The van der Waals surface area contributed by atoms with Gasteiger partial charge in [-0.05, 0) is 46.8 Å². The van der Waals surface area contributed by atoms with Crippen molar-refractivity contribution in [2.75, 3.05) is 13.1 Å². The molecule has 0 aliphatic carbocycles. The molecule has 1 fully saturated rings. The van der Waals surface area contributed by atoms with E-state index in [1.54, 1.807) is 11.3 Å². The minimum absolute atomic E-state index is 0.00828. The van der Waals surface area contributed by atoms with Gasteiger partial charge in [0.25, 0.3) is 5.91 Å². The van der Waals surface area contributed by atoms with Gasteiger partial charge in [-0.3, -0.25) is 9.69 Å². The molecular weight excluding hydrogens is 360 g/mol. The van der Waals surface area contributed by atoms with Crippen LogP contribution in [0.15, 0.2) is 47.8 Å². The van der Waals surface area contributed by atoms with Gasteiger partial charge in [0.2, 0.25) is 0 Å². The highest BCUT2D eigenvalue weighted by molar-refractivity contribution is 7.09. The van der Waals surface area contributed by atoms with Crippen LogP contribution in [0.2, 0.25) is 0 Å². The van der Waals surface area contributed by atoms with E-state index in [0.29, 0.717) is 12.1 Å². The molecule has 8 heteroatoms. The number of amides is 1. The first kappa shape index (κ1) is 17.8. The number of benzene rings is 1. The Labute approximate surface area is 162 Å². The van der Waals surface area contributed by atoms with E-state index >= 15 is 0 Å². The number of carbonyl (C=O) groups is 1. The lowest BCUT2D eigenvalue weighted by atomic mass is 10.0. The SMILES string of the molecule is O=C(NC1CCN(Cc2nnnn2Cc2cccs2)CC1)c1ccccc1. The zero-order chi connectivity index (χ0) is 18.5. The fourth-order valence-electron chi connectivity index (χ4n) is 3.30. The Hall–Kier alpha value is -2.58. The van der Waals surface area contributed by atoms with E-state index in [2.05, 4.69) is 37.2 Å². The fourth-order valence-corrected chi connectivity index (χ4v) is 3.99. The summed E-state index contributed by atoms with van der Waals surface area (Å²) >= 11 is 1.71. The lowest BCUT2D eigenvalue weighted by Gasteiger charge is -2.31. The molecule has 2 aromatic heterocycles. The third-order valence-electron chi connectivity index (χ3n) is 4.82. The van der Waals surface area contributed by atoms with Gasteiger partial charge in [-0.15, -0.1) is 16.4 Å². The van der Waals surface area contributed by atoms with Crippen LogP contribution in [0.5, 0.6) is 0 Å². The van der Waals surface area contributed by atoms with Crippen molar-refractivity contribution in [1.82, 2.24) is 30.4 Å². The molecule has 27 heavy (non-hydrogen) atoms. The molecule has 0 spiro atoms. The predicted octanol–water partition coefficient (Wildman–Crippen LogP) is 2.18. The van der Waals surface area contributed by atoms with Gasteiger partial charge in [0, 0.05) is 29.6 Å². The lowest BCUT2D eigenvalue weighted by molar-refractivity contribution is 0.0907. The molecule has 1 N–H and O–H groups in total. The van der Waals surface area contributed by atoms with Crippen molar-refractivity contribution in [2.45, 2.75) is 32.0 Å². The Morgan fingerprint density at radius 1 is 1.11 bits per heavy atom. The van der Waals surface area contributed by atoms with Gasteiger partial charge in [0.05, 0.1) is 13.1 Å². The largest absolute Gasteiger partial charge is 0.349 e. The third-order valence-corrected chi connectivity index (χ3v) is 5.68. The van der Waals surface area contributed by atoms with Crippen LogP contribution in [-0.4, -0.2) is 50.1 Å². The van der Waals surface area contributed by atoms with Gasteiger partial charge in [0.15, 0.2) is 5.82 Å². The zero-order valence-electron chi connectivity index (χ0n) is 15.0. The number of carbonyl (C=O) groups excluding carboxylic acids is 1. The quantitative estimate of drug-likeness (QED) is 0.707. The van der Waals surface area contributed by atoms with E-state index in [4.69, 9.17) is 0 Å². The van der Waals surface area contributed by atoms with Crippen LogP contribution in [0.4, 0.5) is 0 Å². The number of nitrogens with one attached hydrogen (secondary N) is 1. The summed E-state index contributed by atoms with van der Waals surface area (Å²) in [4.78, 5) is 15.9. The summed E-state index contributed by atoms with van der Waals surface area (Å²) in [6.07, 6.45) is 1.87. The molecule has 0 unspecified atom stereocenters. The number of likely N-dealkylation sites (tertiary alicyclic amines) is 1. The molecule has 0 atom stereocenters. The molecule has 0 saturated carbocycles. The van der Waals surface area contributed by atoms with Gasteiger partial charge < -0.3 is 5.32 Å². The maximum atomic E-state index is 12.3. The van der Waals surface area contributed by atoms with Gasteiger partial charge in [-0.25, -0.2) is 4.68 Å². The average molecular weight is 382 g/mol. The molecule has 7 nitrogen and oxygen atoms in total. The fraction of sp³-hybridized carbons (Fsp3) is 0.368. The second-order valence-corrected chi connectivity index (χ2v) is 7.75. The summed E-state index contributed by atoms with van der Waals surface area (Å²) in [5.41, 5.74) is 0.715. The number of nitrogens with zero attached hydrogens (tertiary/aromatic N) is 5. The first-order chi connectivity index (χ1) is 13.3. The number of rotatable bonds is 6. The number of piperidine rings is 1. The van der Waals surface area contributed by atoms with E-state index < -0.39 is 0 Å². The number of tetrazole rings is 1. The Kier molecular flexibility index (Phi) is 5.55. The van der Waals surface area contributed by atoms with Gasteiger partial charge >= 0.3 is 0 Å². The normalized spacial score (nSPS) is 15.7. The van der Waals surface area contributed by atoms with Crippen molar-refractivity contribution in [2.24, 2.45) is 0 Å². The molecule has 0 bridgehead atoms. The third kappa shape index (κ3) is 4.58. The molecule has 4 rings (SSSR count). The molecule has 3 heterocycles. The Balaban J connectivity index is 1.28. The predicted molar refractivity (Wildman–Crippen MR) is 103 cm³/mol. The molecule has 1 saturated heterocycles. The highest BCUT2D eigenvalue weighted by Crippen LogP contribution is 2.15. The molecule has 140 valence electrons. The van der Waals surface area contributed by atoms with E-state index in [0.717, 1.165) is 38.3 Å². The minimum atomic E-state index is 0.00828. The summed E-state index contributed by atoms with van der Waals surface area (Å²) in [6.45, 7) is 3.29. The lowest BCUT2D eigenvalue weighted by Crippen LogP contribution is -2.44. The molecule has 0 radical (unpaired) electrons. The Morgan fingerprint density at radius 2 is 1.93 bits per heavy atom. The van der Waals surface area contributed by atoms with Crippen molar-refractivity contribution in [3.8, 4) is 0 Å². The van der Waals surface area contributed by atoms with Crippen LogP contribution >= 0.6 is 11.3 Å². The van der Waals surface area contributed by atoms with E-state index in [9.17, 15) is 4.79 Å². The van der Waals surface area contributed by atoms with Gasteiger partial charge in [-0.2, -0.15) is 0 Å². The maximum absolute atomic E-state index is 12.3. The molecule has 1 aliphatic rings. The van der Waals surface area contributed by atoms with Crippen LogP contribution in [0, 0.1) is 0 Å². The van der Waals surface area contributed by atoms with Crippen LogP contribution in [0.25, 0.3) is 0 Å². The molecular formula is C19H22N6OS. The van der Waals surface area contributed by atoms with Crippen molar-refractivity contribution >= 4 is 17.2 Å². The maximum Gasteiger partial charge on any atom is 0.251 e. The molecule has 1 aliphatic heterocycles. The average Bonchev–Trinajstić information content (AvgIpc) is 3.37. The highest BCUT2D eigenvalue weighted by Gasteiger charge is 2.22. The first-order valence-corrected chi connectivity index (χ1v) is 10.0. The minimum Gasteiger partial charge on any atom is -0.349 e. The Bertz CT molecular complexity index is 855. The van der Waals surface area contributed by atoms with Crippen molar-refractivity contribution < 1.29 is 4.79 Å². The second-order valence-electron chi connectivity index (χ2n) is 6.72. The standard InChI is InChI=1S/C19H22N6OS/c26-19(15-5-2-1-3-6-15)20-16-8-10-24(11-9-16)14-18-21-22-23-25(18)13-17-7-4-12-27-17/h1-7,12,16H,8-11,13-14H2,(H,20,26). The summed E-state index contributed by atoms with van der Waals surface area (Å²) in [5, 5.41) is 17.4. The molecule has 1 amide bonds. The molecule has 3 aromatic rings. The van der Waals surface area contributed by atoms with Gasteiger partial charge in [-0.1, -0.05) is 24.3 Å². The second kappa shape index (κ2) is 8.41. The summed E-state index contributed by atoms with van der Waals surface area (Å²) in [6, 6.07) is 13.7. The van der Waals surface area contributed by atoms with Crippen LogP contribution < -0.4 is 5.32 Å². The summed E-state index contributed by atoms with van der Waals surface area (Å²) in [5.74, 6) is 0.893.